The highest BCUT2D eigenvalue weighted by Gasteiger charge is 2.14. The van der Waals surface area contributed by atoms with Gasteiger partial charge in [-0.05, 0) is 23.5 Å². The van der Waals surface area contributed by atoms with Crippen LogP contribution in [0.5, 0.6) is 0 Å². The van der Waals surface area contributed by atoms with Crippen LogP contribution >= 0.6 is 15.9 Å². The zero-order valence-electron chi connectivity index (χ0n) is 8.83. The second-order valence-corrected chi connectivity index (χ2v) is 5.01. The van der Waals surface area contributed by atoms with Crippen LogP contribution in [-0.4, -0.2) is 4.83 Å². The van der Waals surface area contributed by atoms with E-state index in [-0.39, 0.29) is 0 Å². The molecule has 1 aromatic rings. The zero-order valence-corrected chi connectivity index (χ0v) is 10.4. The Morgan fingerprint density at radius 1 is 1.50 bits per heavy atom. The van der Waals surface area contributed by atoms with Crippen molar-refractivity contribution in [1.82, 2.24) is 0 Å². The highest BCUT2D eigenvalue weighted by Crippen LogP contribution is 2.28. The minimum atomic E-state index is 0.521. The Balaban J connectivity index is 2.97. The first-order chi connectivity index (χ1) is 6.69. The van der Waals surface area contributed by atoms with Crippen molar-refractivity contribution in [2.75, 3.05) is 0 Å². The van der Waals surface area contributed by atoms with Crippen LogP contribution in [0.4, 0.5) is 0 Å². The molecule has 0 heterocycles. The van der Waals surface area contributed by atoms with E-state index in [1.54, 1.807) is 0 Å². The maximum absolute atomic E-state index is 3.79. The first-order valence-corrected chi connectivity index (χ1v) is 5.97. The van der Waals surface area contributed by atoms with Crippen molar-refractivity contribution in [3.05, 3.63) is 42.0 Å². The molecule has 1 aromatic carbocycles. The standard InChI is InChI=1S/C13H17Br/c1-4-11-7-6-8-12(9-11)13(5-2)10(3)14/h4,6-10,13H,1,5H2,2-3H3. The summed E-state index contributed by atoms with van der Waals surface area (Å²) in [7, 11) is 0. The third kappa shape index (κ3) is 2.71. The van der Waals surface area contributed by atoms with Crippen molar-refractivity contribution in [1.29, 1.82) is 0 Å². The van der Waals surface area contributed by atoms with Crippen LogP contribution in [0.2, 0.25) is 0 Å². The van der Waals surface area contributed by atoms with Gasteiger partial charge in [-0.15, -0.1) is 0 Å². The second kappa shape index (κ2) is 5.35. The van der Waals surface area contributed by atoms with Gasteiger partial charge in [0.2, 0.25) is 0 Å². The van der Waals surface area contributed by atoms with Crippen molar-refractivity contribution in [2.24, 2.45) is 0 Å². The summed E-state index contributed by atoms with van der Waals surface area (Å²) in [6.07, 6.45) is 3.06. The van der Waals surface area contributed by atoms with Gasteiger partial charge in [0.1, 0.15) is 0 Å². The van der Waals surface area contributed by atoms with Crippen molar-refractivity contribution >= 4 is 22.0 Å². The molecule has 2 atom stereocenters. The number of rotatable bonds is 4. The summed E-state index contributed by atoms with van der Waals surface area (Å²) in [5.41, 5.74) is 2.60. The molecule has 0 saturated heterocycles. The fourth-order valence-electron chi connectivity index (χ4n) is 1.74. The Hall–Kier alpha value is -0.560. The molecule has 1 heteroatoms. The molecule has 2 unspecified atom stereocenters. The van der Waals surface area contributed by atoms with E-state index in [4.69, 9.17) is 0 Å². The Labute approximate surface area is 95.2 Å². The quantitative estimate of drug-likeness (QED) is 0.687. The van der Waals surface area contributed by atoms with Gasteiger partial charge < -0.3 is 0 Å². The molecule has 0 nitrogen and oxygen atoms in total. The van der Waals surface area contributed by atoms with E-state index in [9.17, 15) is 0 Å². The van der Waals surface area contributed by atoms with Gasteiger partial charge in [0.05, 0.1) is 0 Å². The van der Waals surface area contributed by atoms with E-state index in [1.165, 1.54) is 11.1 Å². The van der Waals surface area contributed by atoms with Crippen molar-refractivity contribution in [3.63, 3.8) is 0 Å². The topological polar surface area (TPSA) is 0 Å². The molecule has 14 heavy (non-hydrogen) atoms. The van der Waals surface area contributed by atoms with E-state index in [1.807, 2.05) is 6.08 Å². The molecular formula is C13H17Br. The van der Waals surface area contributed by atoms with E-state index < -0.39 is 0 Å². The lowest BCUT2D eigenvalue weighted by Crippen LogP contribution is -2.07. The molecular weight excluding hydrogens is 236 g/mol. The third-order valence-corrected chi connectivity index (χ3v) is 3.21. The average molecular weight is 253 g/mol. The summed E-state index contributed by atoms with van der Waals surface area (Å²) in [5, 5.41) is 0. The Morgan fingerprint density at radius 2 is 2.21 bits per heavy atom. The SMILES string of the molecule is C=Cc1cccc(C(CC)C(C)Br)c1. The second-order valence-electron chi connectivity index (χ2n) is 3.57. The lowest BCUT2D eigenvalue weighted by atomic mass is 9.93. The van der Waals surface area contributed by atoms with E-state index in [0.717, 1.165) is 6.42 Å². The molecule has 0 aliphatic rings. The molecule has 0 fully saturated rings. The third-order valence-electron chi connectivity index (χ3n) is 2.57. The first-order valence-electron chi connectivity index (χ1n) is 5.05. The molecule has 76 valence electrons. The lowest BCUT2D eigenvalue weighted by Gasteiger charge is -2.18. The highest BCUT2D eigenvalue weighted by molar-refractivity contribution is 9.09. The molecule has 0 N–H and O–H groups in total. The molecule has 0 aromatic heterocycles. The summed E-state index contributed by atoms with van der Waals surface area (Å²) in [5.74, 6) is 0.592. The van der Waals surface area contributed by atoms with Gasteiger partial charge in [0.25, 0.3) is 0 Å². The van der Waals surface area contributed by atoms with Crippen molar-refractivity contribution < 1.29 is 0 Å². The maximum Gasteiger partial charge on any atom is 0.0186 e. The zero-order chi connectivity index (χ0) is 10.6. The predicted octanol–water partition coefficient (Wildman–Crippen LogP) is 4.61. The van der Waals surface area contributed by atoms with Gasteiger partial charge in [-0.2, -0.15) is 0 Å². The molecule has 0 spiro atoms. The van der Waals surface area contributed by atoms with Gasteiger partial charge >= 0.3 is 0 Å². The van der Waals surface area contributed by atoms with Gasteiger partial charge in [-0.25, -0.2) is 0 Å². The van der Waals surface area contributed by atoms with Crippen LogP contribution in [0.25, 0.3) is 6.08 Å². The molecule has 0 radical (unpaired) electrons. The van der Waals surface area contributed by atoms with E-state index >= 15 is 0 Å². The summed E-state index contributed by atoms with van der Waals surface area (Å²) in [6, 6.07) is 8.60. The molecule has 1 rings (SSSR count). The summed E-state index contributed by atoms with van der Waals surface area (Å²) in [6.45, 7) is 8.22. The number of benzene rings is 1. The minimum Gasteiger partial charge on any atom is -0.0985 e. The summed E-state index contributed by atoms with van der Waals surface area (Å²) < 4.78 is 0. The fraction of sp³-hybridized carbons (Fsp3) is 0.385. The number of hydrogen-bond acceptors (Lipinski definition) is 0. The van der Waals surface area contributed by atoms with E-state index in [2.05, 4.69) is 60.6 Å². The largest absolute Gasteiger partial charge is 0.0985 e. The number of alkyl halides is 1. The Morgan fingerprint density at radius 3 is 2.71 bits per heavy atom. The van der Waals surface area contributed by atoms with Crippen molar-refractivity contribution in [2.45, 2.75) is 31.0 Å². The highest BCUT2D eigenvalue weighted by atomic mass is 79.9. The molecule has 0 aliphatic heterocycles. The Kier molecular flexibility index (Phi) is 4.40. The number of halogens is 1. The normalized spacial score (nSPS) is 14.8. The van der Waals surface area contributed by atoms with Crippen LogP contribution in [0.15, 0.2) is 30.8 Å². The molecule has 0 amide bonds. The van der Waals surface area contributed by atoms with Crippen LogP contribution < -0.4 is 0 Å². The van der Waals surface area contributed by atoms with Crippen LogP contribution in [0, 0.1) is 0 Å². The predicted molar refractivity (Wildman–Crippen MR) is 68.0 cm³/mol. The van der Waals surface area contributed by atoms with Crippen LogP contribution in [0.3, 0.4) is 0 Å². The molecule has 0 aliphatic carbocycles. The smallest absolute Gasteiger partial charge is 0.0186 e. The lowest BCUT2D eigenvalue weighted by molar-refractivity contribution is 0.663. The Bertz CT molecular complexity index is 302. The average Bonchev–Trinajstić information content (AvgIpc) is 2.19. The molecule has 0 bridgehead atoms. The maximum atomic E-state index is 3.79. The number of hydrogen-bond donors (Lipinski definition) is 0. The van der Waals surface area contributed by atoms with Gasteiger partial charge in [0, 0.05) is 4.83 Å². The van der Waals surface area contributed by atoms with Crippen LogP contribution in [0.1, 0.15) is 37.3 Å². The fourth-order valence-corrected chi connectivity index (χ4v) is 2.42. The summed E-state index contributed by atoms with van der Waals surface area (Å²) >= 11 is 3.66. The van der Waals surface area contributed by atoms with Gasteiger partial charge in [0.15, 0.2) is 0 Å². The monoisotopic (exact) mass is 252 g/mol. The van der Waals surface area contributed by atoms with Crippen molar-refractivity contribution in [3.8, 4) is 0 Å². The minimum absolute atomic E-state index is 0.521. The van der Waals surface area contributed by atoms with Crippen LogP contribution in [-0.2, 0) is 0 Å². The van der Waals surface area contributed by atoms with Gasteiger partial charge in [-0.1, -0.05) is 66.7 Å². The first kappa shape index (κ1) is 11.5. The van der Waals surface area contributed by atoms with Gasteiger partial charge in [-0.3, -0.25) is 0 Å². The summed E-state index contributed by atoms with van der Waals surface area (Å²) in [4.78, 5) is 0.521. The van der Waals surface area contributed by atoms with E-state index in [0.29, 0.717) is 10.7 Å². The molecule has 0 saturated carbocycles.